The van der Waals surface area contributed by atoms with Crippen molar-refractivity contribution in [2.24, 2.45) is 16.1 Å². The van der Waals surface area contributed by atoms with Crippen LogP contribution in [0.3, 0.4) is 0 Å². The largest absolute Gasteiger partial charge is 0.490 e. The van der Waals surface area contributed by atoms with E-state index in [9.17, 15) is 0 Å². The van der Waals surface area contributed by atoms with Gasteiger partial charge in [-0.05, 0) is 49.3 Å². The number of benzene rings is 2. The second-order valence-corrected chi connectivity index (χ2v) is 9.17. The highest BCUT2D eigenvalue weighted by Gasteiger charge is 2.28. The summed E-state index contributed by atoms with van der Waals surface area (Å²) in [5.74, 6) is 1.37. The molecule has 0 radical (unpaired) electrons. The number of allylic oxidation sites excluding steroid dienone is 1. The van der Waals surface area contributed by atoms with Crippen LogP contribution in [0.1, 0.15) is 31.2 Å². The second-order valence-electron chi connectivity index (χ2n) is 8.74. The number of hydrogen-bond acceptors (Lipinski definition) is 4. The summed E-state index contributed by atoms with van der Waals surface area (Å²) in [7, 11) is 0. The van der Waals surface area contributed by atoms with Crippen LogP contribution in [-0.4, -0.2) is 17.6 Å². The van der Waals surface area contributed by atoms with E-state index in [1.165, 1.54) is 16.3 Å². The van der Waals surface area contributed by atoms with E-state index in [0.29, 0.717) is 12.5 Å². The number of nitrogens with one attached hydrogen (secondary N) is 2. The van der Waals surface area contributed by atoms with E-state index in [2.05, 4.69) is 63.0 Å². The topological polar surface area (TPSA) is 61.8 Å². The predicted octanol–water partition coefficient (Wildman–Crippen LogP) is 5.63. The summed E-state index contributed by atoms with van der Waals surface area (Å²) in [5, 5.41) is 17.8. The number of aromatic nitrogens is 1. The summed E-state index contributed by atoms with van der Waals surface area (Å²) < 4.78 is 6.46. The molecule has 3 heterocycles. The molecule has 0 amide bonds. The lowest BCUT2D eigenvalue weighted by molar-refractivity contribution is 0.144. The Hall–Kier alpha value is -2.76. The minimum Gasteiger partial charge on any atom is -0.490 e. The van der Waals surface area contributed by atoms with E-state index < -0.39 is 0 Å². The first kappa shape index (κ1) is 22.1. The van der Waals surface area contributed by atoms with E-state index in [4.69, 9.17) is 16.3 Å². The first-order chi connectivity index (χ1) is 15.8. The van der Waals surface area contributed by atoms with Gasteiger partial charge in [0.05, 0.1) is 34.7 Å². The molecule has 1 saturated carbocycles. The molecule has 3 aliphatic rings. The molecule has 0 unspecified atom stereocenters. The van der Waals surface area contributed by atoms with Crippen LogP contribution in [-0.2, 0) is 6.54 Å². The molecular weight excluding hydrogens is 455 g/mol. The van der Waals surface area contributed by atoms with Gasteiger partial charge in [0.25, 0.3) is 0 Å². The van der Waals surface area contributed by atoms with Gasteiger partial charge in [-0.3, -0.25) is 0 Å². The Labute approximate surface area is 203 Å². The number of ether oxygens (including phenoxy) is 1. The Balaban J connectivity index is 0.00000228. The fraction of sp³-hybridized carbons (Fsp3) is 0.308. The lowest BCUT2D eigenvalue weighted by Crippen LogP contribution is -2.28. The van der Waals surface area contributed by atoms with Crippen LogP contribution in [0.25, 0.3) is 22.5 Å². The standard InChI is InChI=1S/C26H25ClN4O.ClH/c27-18-12-13-28-25-21-15-29-31-24(26(21)30-22(25)14-18)17-8-10-19(11-9-17)32-23-7-3-5-16-4-1-2-6-20(16)23;/h1-7,12,14,17,19,28,30H,8-11,13,15H2;1H/t17-,19-;. The Morgan fingerprint density at radius 2 is 1.82 bits per heavy atom. The van der Waals surface area contributed by atoms with Crippen molar-refractivity contribution in [1.29, 1.82) is 0 Å². The highest BCUT2D eigenvalue weighted by molar-refractivity contribution is 6.34. The van der Waals surface area contributed by atoms with Crippen LogP contribution in [0.5, 0.6) is 5.75 Å². The van der Waals surface area contributed by atoms with E-state index in [1.807, 2.05) is 12.2 Å². The first-order valence-electron chi connectivity index (χ1n) is 11.3. The molecule has 7 heteroatoms. The lowest BCUT2D eigenvalue weighted by Gasteiger charge is -2.29. The van der Waals surface area contributed by atoms with E-state index in [1.54, 1.807) is 0 Å². The van der Waals surface area contributed by atoms with Gasteiger partial charge >= 0.3 is 0 Å². The number of fused-ring (bicyclic) bond motifs is 4. The van der Waals surface area contributed by atoms with Crippen LogP contribution < -0.4 is 20.8 Å². The van der Waals surface area contributed by atoms with Crippen molar-refractivity contribution >= 4 is 52.2 Å². The zero-order chi connectivity index (χ0) is 21.5. The SMILES string of the molecule is Cl.ClC1=CCNc2c3c([nH]c2=C1)=C([C@H]1CC[C@H](Oc2cccc4ccccc24)CC1)N=NC3. The number of anilines is 1. The van der Waals surface area contributed by atoms with Crippen LogP contribution in [0, 0.1) is 5.92 Å². The third-order valence-corrected chi connectivity index (χ3v) is 7.02. The first-order valence-corrected chi connectivity index (χ1v) is 11.7. The summed E-state index contributed by atoms with van der Waals surface area (Å²) in [6.45, 7) is 1.32. The fourth-order valence-electron chi connectivity index (χ4n) is 5.14. The molecule has 33 heavy (non-hydrogen) atoms. The average Bonchev–Trinajstić information content (AvgIpc) is 3.06. The molecule has 2 aromatic carbocycles. The molecule has 2 aliphatic heterocycles. The number of H-pyrrole nitrogens is 1. The molecule has 0 saturated heterocycles. The Bertz CT molecular complexity index is 1360. The number of hydrogen-bond donors (Lipinski definition) is 2. The zero-order valence-corrected chi connectivity index (χ0v) is 19.8. The molecule has 1 aliphatic carbocycles. The average molecular weight is 481 g/mol. The van der Waals surface area contributed by atoms with Gasteiger partial charge in [-0.15, -0.1) is 12.4 Å². The highest BCUT2D eigenvalue weighted by atomic mass is 35.5. The minimum absolute atomic E-state index is 0. The summed E-state index contributed by atoms with van der Waals surface area (Å²) in [6, 6.07) is 14.7. The molecular formula is C26H26Cl2N4O. The normalized spacial score (nSPS) is 21.6. The number of rotatable bonds is 3. The molecule has 1 fully saturated rings. The second kappa shape index (κ2) is 9.24. The maximum atomic E-state index is 6.46. The van der Waals surface area contributed by atoms with Gasteiger partial charge in [0.2, 0.25) is 0 Å². The molecule has 6 rings (SSSR count). The van der Waals surface area contributed by atoms with Gasteiger partial charge < -0.3 is 15.0 Å². The third kappa shape index (κ3) is 4.16. The molecule has 5 nitrogen and oxygen atoms in total. The van der Waals surface area contributed by atoms with E-state index in [-0.39, 0.29) is 18.5 Å². The quantitative estimate of drug-likeness (QED) is 0.510. The number of aromatic amines is 1. The highest BCUT2D eigenvalue weighted by Crippen LogP contribution is 2.35. The molecule has 0 spiro atoms. The Morgan fingerprint density at radius 1 is 1.00 bits per heavy atom. The van der Waals surface area contributed by atoms with Gasteiger partial charge in [-0.1, -0.05) is 48.0 Å². The third-order valence-electron chi connectivity index (χ3n) is 6.76. The van der Waals surface area contributed by atoms with Crippen LogP contribution >= 0.6 is 24.0 Å². The van der Waals surface area contributed by atoms with Gasteiger partial charge in [0.1, 0.15) is 5.75 Å². The maximum absolute atomic E-state index is 6.46. The number of nitrogens with zero attached hydrogens (tertiary/aromatic N) is 2. The monoisotopic (exact) mass is 480 g/mol. The van der Waals surface area contributed by atoms with Crippen molar-refractivity contribution in [3.63, 3.8) is 0 Å². The molecule has 170 valence electrons. The molecule has 3 aromatic rings. The number of halogens is 2. The molecule has 0 bridgehead atoms. The number of azo groups is 1. The maximum Gasteiger partial charge on any atom is 0.127 e. The summed E-state index contributed by atoms with van der Waals surface area (Å²) in [5.41, 5.74) is 3.39. The van der Waals surface area contributed by atoms with Crippen molar-refractivity contribution in [2.45, 2.75) is 38.3 Å². The van der Waals surface area contributed by atoms with Crippen LogP contribution in [0.2, 0.25) is 0 Å². The lowest BCUT2D eigenvalue weighted by atomic mass is 9.84. The zero-order valence-electron chi connectivity index (χ0n) is 18.2. The van der Waals surface area contributed by atoms with E-state index >= 15 is 0 Å². The summed E-state index contributed by atoms with van der Waals surface area (Å²) in [6.07, 6.45) is 8.32. The van der Waals surface area contributed by atoms with Gasteiger partial charge in [-0.25, -0.2) is 0 Å². The van der Waals surface area contributed by atoms with Crippen molar-refractivity contribution in [2.75, 3.05) is 11.9 Å². The summed E-state index contributed by atoms with van der Waals surface area (Å²) >= 11 is 6.29. The van der Waals surface area contributed by atoms with Crippen LogP contribution in [0.4, 0.5) is 5.69 Å². The Kier molecular flexibility index (Phi) is 6.17. The van der Waals surface area contributed by atoms with Gasteiger partial charge in [0, 0.05) is 28.4 Å². The fourth-order valence-corrected chi connectivity index (χ4v) is 5.33. The molecule has 0 atom stereocenters. The van der Waals surface area contributed by atoms with Crippen molar-refractivity contribution < 1.29 is 4.74 Å². The van der Waals surface area contributed by atoms with Crippen LogP contribution in [0.15, 0.2) is 63.8 Å². The predicted molar refractivity (Wildman–Crippen MR) is 136 cm³/mol. The summed E-state index contributed by atoms with van der Waals surface area (Å²) in [4.78, 5) is 3.58. The van der Waals surface area contributed by atoms with Gasteiger partial charge in [0.15, 0.2) is 0 Å². The molecule has 1 aromatic heterocycles. The van der Waals surface area contributed by atoms with Crippen molar-refractivity contribution in [3.05, 3.63) is 69.8 Å². The van der Waals surface area contributed by atoms with Crippen molar-refractivity contribution in [3.8, 4) is 5.75 Å². The minimum atomic E-state index is 0. The molecule has 2 N–H and O–H groups in total. The smallest absolute Gasteiger partial charge is 0.127 e. The van der Waals surface area contributed by atoms with Gasteiger partial charge in [-0.2, -0.15) is 10.2 Å². The van der Waals surface area contributed by atoms with E-state index in [0.717, 1.165) is 65.1 Å². The van der Waals surface area contributed by atoms with Crippen molar-refractivity contribution in [1.82, 2.24) is 4.98 Å². The Morgan fingerprint density at radius 3 is 2.70 bits per heavy atom.